The second kappa shape index (κ2) is 5.95. The number of benzene rings is 1. The molecule has 0 fully saturated rings. The maximum atomic E-state index is 11.4. The number of nitrogens with one attached hydrogen (secondary N) is 2. The number of rotatable bonds is 5. The molecule has 1 rings (SSSR count). The van der Waals surface area contributed by atoms with Crippen LogP contribution in [0.15, 0.2) is 30.9 Å². The van der Waals surface area contributed by atoms with E-state index in [0.717, 1.165) is 11.3 Å². The number of hydrogen-bond acceptors (Lipinski definition) is 2. The van der Waals surface area contributed by atoms with E-state index in [1.807, 2.05) is 26.0 Å². The van der Waals surface area contributed by atoms with Crippen LogP contribution in [0, 0.1) is 13.8 Å². The zero-order valence-electron chi connectivity index (χ0n) is 9.84. The summed E-state index contributed by atoms with van der Waals surface area (Å²) in [6, 6.07) is 6.13. The monoisotopic (exact) mass is 218 g/mol. The van der Waals surface area contributed by atoms with Gasteiger partial charge in [-0.2, -0.15) is 0 Å². The molecule has 0 heterocycles. The summed E-state index contributed by atoms with van der Waals surface area (Å²) >= 11 is 0. The van der Waals surface area contributed by atoms with Gasteiger partial charge >= 0.3 is 0 Å². The lowest BCUT2D eigenvalue weighted by Gasteiger charge is -2.10. The van der Waals surface area contributed by atoms with E-state index in [9.17, 15) is 4.79 Å². The molecule has 86 valence electrons. The Morgan fingerprint density at radius 3 is 2.88 bits per heavy atom. The van der Waals surface area contributed by atoms with Gasteiger partial charge in [-0.3, -0.25) is 4.79 Å². The maximum absolute atomic E-state index is 11.4. The summed E-state index contributed by atoms with van der Waals surface area (Å²) in [6.45, 7) is 8.39. The molecule has 3 heteroatoms. The highest BCUT2D eigenvalue weighted by molar-refractivity contribution is 5.81. The predicted octanol–water partition coefficient (Wildman–Crippen LogP) is 2.02. The molecule has 0 bridgehead atoms. The van der Waals surface area contributed by atoms with Crippen LogP contribution in [0.4, 0.5) is 5.69 Å². The Balaban J connectivity index is 2.50. The second-order valence-corrected chi connectivity index (χ2v) is 3.76. The first kappa shape index (κ1) is 12.3. The van der Waals surface area contributed by atoms with Crippen molar-refractivity contribution in [3.05, 3.63) is 42.0 Å². The predicted molar refractivity (Wildman–Crippen MR) is 67.6 cm³/mol. The molecule has 2 N–H and O–H groups in total. The van der Waals surface area contributed by atoms with E-state index in [2.05, 4.69) is 23.3 Å². The number of carbonyl (C=O) groups is 1. The van der Waals surface area contributed by atoms with Crippen molar-refractivity contribution < 1.29 is 4.79 Å². The normalized spacial score (nSPS) is 9.62. The Labute approximate surface area is 96.6 Å². The molecule has 0 aromatic heterocycles. The lowest BCUT2D eigenvalue weighted by molar-refractivity contribution is -0.119. The van der Waals surface area contributed by atoms with E-state index in [1.165, 1.54) is 5.56 Å². The minimum atomic E-state index is -0.0270. The van der Waals surface area contributed by atoms with Crippen LogP contribution in [0.25, 0.3) is 0 Å². The first-order valence-electron chi connectivity index (χ1n) is 5.32. The van der Waals surface area contributed by atoms with E-state index in [-0.39, 0.29) is 12.5 Å². The second-order valence-electron chi connectivity index (χ2n) is 3.76. The first-order valence-corrected chi connectivity index (χ1v) is 5.32. The Hall–Kier alpha value is -1.77. The molecule has 0 atom stereocenters. The summed E-state index contributed by atoms with van der Waals surface area (Å²) in [5.41, 5.74) is 3.33. The molecular weight excluding hydrogens is 200 g/mol. The van der Waals surface area contributed by atoms with Crippen LogP contribution < -0.4 is 10.6 Å². The summed E-state index contributed by atoms with van der Waals surface area (Å²) in [5, 5.41) is 5.83. The van der Waals surface area contributed by atoms with Crippen LogP contribution in [0.5, 0.6) is 0 Å². The van der Waals surface area contributed by atoms with Crippen LogP contribution in [0.2, 0.25) is 0 Å². The molecule has 0 unspecified atom stereocenters. The fraction of sp³-hybridized carbons (Fsp3) is 0.308. The molecule has 1 aromatic rings. The Bertz CT molecular complexity index is 386. The van der Waals surface area contributed by atoms with Gasteiger partial charge in [-0.1, -0.05) is 18.2 Å². The molecule has 1 amide bonds. The summed E-state index contributed by atoms with van der Waals surface area (Å²) in [6.07, 6.45) is 1.66. The van der Waals surface area contributed by atoms with Gasteiger partial charge in [-0.15, -0.1) is 6.58 Å². The highest BCUT2D eigenvalue weighted by Gasteiger charge is 2.01. The largest absolute Gasteiger partial charge is 0.376 e. The van der Waals surface area contributed by atoms with Crippen molar-refractivity contribution in [2.45, 2.75) is 13.8 Å². The lowest BCUT2D eigenvalue weighted by Crippen LogP contribution is -2.29. The SMILES string of the molecule is C=CCNC(=O)CNc1cc(C)ccc1C. The molecule has 0 aliphatic rings. The molecule has 0 saturated heterocycles. The van der Waals surface area contributed by atoms with Crippen molar-refractivity contribution in [1.29, 1.82) is 0 Å². The average Bonchev–Trinajstić information content (AvgIpc) is 2.27. The van der Waals surface area contributed by atoms with Crippen molar-refractivity contribution in [1.82, 2.24) is 5.32 Å². The van der Waals surface area contributed by atoms with Gasteiger partial charge in [0.1, 0.15) is 0 Å². The van der Waals surface area contributed by atoms with Gasteiger partial charge in [0, 0.05) is 12.2 Å². The van der Waals surface area contributed by atoms with Gasteiger partial charge in [0.25, 0.3) is 0 Å². The van der Waals surface area contributed by atoms with Crippen molar-refractivity contribution in [3.8, 4) is 0 Å². The molecule has 0 saturated carbocycles. The minimum absolute atomic E-state index is 0.0270. The molecular formula is C13H18N2O. The summed E-state index contributed by atoms with van der Waals surface area (Å²) in [7, 11) is 0. The number of aryl methyl sites for hydroxylation is 2. The number of anilines is 1. The third-order valence-corrected chi connectivity index (χ3v) is 2.28. The smallest absolute Gasteiger partial charge is 0.239 e. The molecule has 3 nitrogen and oxygen atoms in total. The lowest BCUT2D eigenvalue weighted by atomic mass is 10.1. The standard InChI is InChI=1S/C13H18N2O/c1-4-7-14-13(16)9-15-12-8-10(2)5-6-11(12)3/h4-6,8,15H,1,7,9H2,2-3H3,(H,14,16). The highest BCUT2D eigenvalue weighted by atomic mass is 16.1. The fourth-order valence-corrected chi connectivity index (χ4v) is 1.35. The van der Waals surface area contributed by atoms with Crippen molar-refractivity contribution >= 4 is 11.6 Å². The van der Waals surface area contributed by atoms with Crippen LogP contribution in [-0.4, -0.2) is 19.0 Å². The van der Waals surface area contributed by atoms with Gasteiger partial charge in [0.15, 0.2) is 0 Å². The molecule has 1 aromatic carbocycles. The van der Waals surface area contributed by atoms with Crippen LogP contribution in [0.1, 0.15) is 11.1 Å². The van der Waals surface area contributed by atoms with Crippen LogP contribution in [0.3, 0.4) is 0 Å². The topological polar surface area (TPSA) is 41.1 Å². The number of hydrogen-bond donors (Lipinski definition) is 2. The molecule has 0 radical (unpaired) electrons. The van der Waals surface area contributed by atoms with Crippen molar-refractivity contribution in [2.24, 2.45) is 0 Å². The van der Waals surface area contributed by atoms with E-state index in [1.54, 1.807) is 6.08 Å². The number of amides is 1. The Kier molecular flexibility index (Phi) is 4.58. The quantitative estimate of drug-likeness (QED) is 0.742. The average molecular weight is 218 g/mol. The van der Waals surface area contributed by atoms with E-state index in [4.69, 9.17) is 0 Å². The van der Waals surface area contributed by atoms with Gasteiger partial charge < -0.3 is 10.6 Å². The number of carbonyl (C=O) groups excluding carboxylic acids is 1. The third kappa shape index (κ3) is 3.77. The molecule has 16 heavy (non-hydrogen) atoms. The molecule has 0 spiro atoms. The Morgan fingerprint density at radius 1 is 1.44 bits per heavy atom. The first-order chi connectivity index (χ1) is 7.63. The molecule has 0 aliphatic carbocycles. The van der Waals surface area contributed by atoms with E-state index < -0.39 is 0 Å². The van der Waals surface area contributed by atoms with Gasteiger partial charge in [0.2, 0.25) is 5.91 Å². The van der Waals surface area contributed by atoms with Crippen LogP contribution in [-0.2, 0) is 4.79 Å². The minimum Gasteiger partial charge on any atom is -0.376 e. The van der Waals surface area contributed by atoms with Gasteiger partial charge in [-0.25, -0.2) is 0 Å². The molecule has 0 aliphatic heterocycles. The van der Waals surface area contributed by atoms with Crippen LogP contribution >= 0.6 is 0 Å². The fourth-order valence-electron chi connectivity index (χ4n) is 1.35. The highest BCUT2D eigenvalue weighted by Crippen LogP contribution is 2.15. The third-order valence-electron chi connectivity index (χ3n) is 2.28. The van der Waals surface area contributed by atoms with Crippen molar-refractivity contribution in [2.75, 3.05) is 18.4 Å². The van der Waals surface area contributed by atoms with Gasteiger partial charge in [-0.05, 0) is 31.0 Å². The van der Waals surface area contributed by atoms with E-state index >= 15 is 0 Å². The van der Waals surface area contributed by atoms with Crippen molar-refractivity contribution in [3.63, 3.8) is 0 Å². The summed E-state index contributed by atoms with van der Waals surface area (Å²) in [5.74, 6) is -0.0270. The summed E-state index contributed by atoms with van der Waals surface area (Å²) < 4.78 is 0. The van der Waals surface area contributed by atoms with Gasteiger partial charge in [0.05, 0.1) is 6.54 Å². The summed E-state index contributed by atoms with van der Waals surface area (Å²) in [4.78, 5) is 11.4. The zero-order valence-corrected chi connectivity index (χ0v) is 9.84. The maximum Gasteiger partial charge on any atom is 0.239 e. The zero-order chi connectivity index (χ0) is 12.0. The Morgan fingerprint density at radius 2 is 2.19 bits per heavy atom. The van der Waals surface area contributed by atoms with E-state index in [0.29, 0.717) is 6.54 Å².